The van der Waals surface area contributed by atoms with E-state index < -0.39 is 17.7 Å². The van der Waals surface area contributed by atoms with Crippen LogP contribution in [0.4, 0.5) is 4.79 Å². The normalized spacial score (nSPS) is 12.7. The summed E-state index contributed by atoms with van der Waals surface area (Å²) in [7, 11) is 1.60. The second-order valence-electron chi connectivity index (χ2n) is 5.58. The molecule has 1 rings (SSSR count). The van der Waals surface area contributed by atoms with Gasteiger partial charge in [-0.05, 0) is 44.9 Å². The first kappa shape index (κ1) is 16.3. The van der Waals surface area contributed by atoms with Gasteiger partial charge in [0.15, 0.2) is 0 Å². The molecule has 1 aromatic rings. The minimum Gasteiger partial charge on any atom is -0.497 e. The molecular formula is C15H23NO4. The van der Waals surface area contributed by atoms with E-state index in [4.69, 9.17) is 9.47 Å². The third-order valence-electron chi connectivity index (χ3n) is 2.56. The van der Waals surface area contributed by atoms with Gasteiger partial charge in [-0.25, -0.2) is 4.79 Å². The number of benzene rings is 1. The first-order valence-corrected chi connectivity index (χ1v) is 6.57. The van der Waals surface area contributed by atoms with Crippen LogP contribution in [0.1, 0.15) is 26.3 Å². The number of aliphatic hydroxyl groups is 1. The number of amides is 1. The van der Waals surface area contributed by atoms with Gasteiger partial charge < -0.3 is 19.9 Å². The van der Waals surface area contributed by atoms with Gasteiger partial charge in [-0.15, -0.1) is 0 Å². The maximum Gasteiger partial charge on any atom is 0.407 e. The molecule has 1 atom stereocenters. The van der Waals surface area contributed by atoms with Crippen molar-refractivity contribution in [1.29, 1.82) is 0 Å². The van der Waals surface area contributed by atoms with Crippen LogP contribution in [-0.2, 0) is 11.2 Å². The zero-order valence-electron chi connectivity index (χ0n) is 12.5. The first-order valence-electron chi connectivity index (χ1n) is 6.57. The van der Waals surface area contributed by atoms with Gasteiger partial charge in [0.25, 0.3) is 0 Å². The Balaban J connectivity index is 2.60. The largest absolute Gasteiger partial charge is 0.497 e. The number of methoxy groups -OCH3 is 1. The lowest BCUT2D eigenvalue weighted by Gasteiger charge is -2.22. The molecule has 1 amide bonds. The van der Waals surface area contributed by atoms with E-state index in [0.717, 1.165) is 11.3 Å². The topological polar surface area (TPSA) is 67.8 Å². The summed E-state index contributed by atoms with van der Waals surface area (Å²) in [5, 5.41) is 12.0. The quantitative estimate of drug-likeness (QED) is 0.867. The lowest BCUT2D eigenvalue weighted by molar-refractivity contribution is 0.0483. The highest BCUT2D eigenvalue weighted by Gasteiger charge is 2.19. The summed E-state index contributed by atoms with van der Waals surface area (Å²) in [5.74, 6) is 0.747. The van der Waals surface area contributed by atoms with Crippen molar-refractivity contribution in [3.05, 3.63) is 29.8 Å². The minimum absolute atomic E-state index is 0.156. The van der Waals surface area contributed by atoms with Crippen molar-refractivity contribution in [3.8, 4) is 5.75 Å². The van der Waals surface area contributed by atoms with Crippen LogP contribution in [0.15, 0.2) is 24.3 Å². The van der Waals surface area contributed by atoms with Crippen molar-refractivity contribution in [1.82, 2.24) is 5.32 Å². The van der Waals surface area contributed by atoms with Crippen LogP contribution < -0.4 is 10.1 Å². The third kappa shape index (κ3) is 5.93. The van der Waals surface area contributed by atoms with Crippen LogP contribution in [-0.4, -0.2) is 36.6 Å². The summed E-state index contributed by atoms with van der Waals surface area (Å²) < 4.78 is 10.3. The second-order valence-corrected chi connectivity index (χ2v) is 5.58. The molecule has 0 fully saturated rings. The summed E-state index contributed by atoms with van der Waals surface area (Å²) in [6.45, 7) is 5.23. The molecule has 0 aliphatic heterocycles. The number of rotatable bonds is 5. The summed E-state index contributed by atoms with van der Waals surface area (Å²) in [6.07, 6.45) is -0.0214. The van der Waals surface area contributed by atoms with E-state index >= 15 is 0 Å². The maximum absolute atomic E-state index is 11.7. The molecule has 5 heteroatoms. The van der Waals surface area contributed by atoms with Crippen molar-refractivity contribution in [2.75, 3.05) is 13.7 Å². The standard InChI is InChI=1S/C15H23NO4/c1-15(2,3)20-14(18)16-12(10-17)8-11-6-5-7-13(9-11)19-4/h5-7,9,12,17H,8,10H2,1-4H3,(H,16,18)/t12-/m1/s1. The van der Waals surface area contributed by atoms with Gasteiger partial charge in [-0.3, -0.25) is 0 Å². The van der Waals surface area contributed by atoms with Gasteiger partial charge in [-0.2, -0.15) is 0 Å². The molecule has 0 saturated heterocycles. The van der Waals surface area contributed by atoms with Crippen molar-refractivity contribution in [3.63, 3.8) is 0 Å². The molecule has 0 aliphatic carbocycles. The number of aliphatic hydroxyl groups excluding tert-OH is 1. The molecule has 0 spiro atoms. The monoisotopic (exact) mass is 281 g/mol. The van der Waals surface area contributed by atoms with Gasteiger partial charge in [0, 0.05) is 0 Å². The van der Waals surface area contributed by atoms with Crippen LogP contribution in [0.2, 0.25) is 0 Å². The molecule has 1 aromatic carbocycles. The number of nitrogens with one attached hydrogen (secondary N) is 1. The Morgan fingerprint density at radius 2 is 2.10 bits per heavy atom. The van der Waals surface area contributed by atoms with E-state index in [1.54, 1.807) is 27.9 Å². The number of ether oxygens (including phenoxy) is 2. The Labute approximate surface area is 119 Å². The lowest BCUT2D eigenvalue weighted by atomic mass is 10.1. The van der Waals surface area contributed by atoms with Crippen LogP contribution in [0, 0.1) is 0 Å². The van der Waals surface area contributed by atoms with E-state index in [1.165, 1.54) is 0 Å². The highest BCUT2D eigenvalue weighted by atomic mass is 16.6. The lowest BCUT2D eigenvalue weighted by Crippen LogP contribution is -2.42. The van der Waals surface area contributed by atoms with Crippen molar-refractivity contribution >= 4 is 6.09 Å². The average molecular weight is 281 g/mol. The molecule has 5 nitrogen and oxygen atoms in total. The Morgan fingerprint density at radius 1 is 1.40 bits per heavy atom. The van der Waals surface area contributed by atoms with Gasteiger partial charge in [0.2, 0.25) is 0 Å². The Morgan fingerprint density at radius 3 is 2.65 bits per heavy atom. The molecule has 0 aromatic heterocycles. The number of hydrogen-bond donors (Lipinski definition) is 2. The SMILES string of the molecule is COc1cccc(C[C@H](CO)NC(=O)OC(C)(C)C)c1. The molecule has 0 bridgehead atoms. The smallest absolute Gasteiger partial charge is 0.407 e. The zero-order valence-corrected chi connectivity index (χ0v) is 12.5. The number of carbonyl (C=O) groups excluding carboxylic acids is 1. The van der Waals surface area contributed by atoms with Crippen molar-refractivity contribution in [2.24, 2.45) is 0 Å². The first-order chi connectivity index (χ1) is 9.34. The van der Waals surface area contributed by atoms with Gasteiger partial charge in [-0.1, -0.05) is 12.1 Å². The maximum atomic E-state index is 11.7. The van der Waals surface area contributed by atoms with Crippen LogP contribution in [0.5, 0.6) is 5.75 Å². The number of carbonyl (C=O) groups is 1. The minimum atomic E-state index is -0.555. The number of hydrogen-bond acceptors (Lipinski definition) is 4. The van der Waals surface area contributed by atoms with E-state index in [1.807, 2.05) is 24.3 Å². The molecular weight excluding hydrogens is 258 g/mol. The third-order valence-corrected chi connectivity index (χ3v) is 2.56. The van der Waals surface area contributed by atoms with Crippen LogP contribution >= 0.6 is 0 Å². The molecule has 2 N–H and O–H groups in total. The van der Waals surface area contributed by atoms with E-state index in [9.17, 15) is 9.90 Å². The molecule has 0 heterocycles. The van der Waals surface area contributed by atoms with Crippen molar-refractivity contribution < 1.29 is 19.4 Å². The summed E-state index contributed by atoms with van der Waals surface area (Å²) in [4.78, 5) is 11.7. The summed E-state index contributed by atoms with van der Waals surface area (Å²) >= 11 is 0. The zero-order chi connectivity index (χ0) is 15.2. The van der Waals surface area contributed by atoms with Crippen LogP contribution in [0.3, 0.4) is 0 Å². The highest BCUT2D eigenvalue weighted by Crippen LogP contribution is 2.14. The Bertz CT molecular complexity index is 440. The van der Waals surface area contributed by atoms with E-state index in [-0.39, 0.29) is 6.61 Å². The van der Waals surface area contributed by atoms with E-state index in [2.05, 4.69) is 5.32 Å². The van der Waals surface area contributed by atoms with E-state index in [0.29, 0.717) is 6.42 Å². The highest BCUT2D eigenvalue weighted by molar-refractivity contribution is 5.68. The predicted octanol–water partition coefficient (Wildman–Crippen LogP) is 2.12. The van der Waals surface area contributed by atoms with Crippen LogP contribution in [0.25, 0.3) is 0 Å². The molecule has 0 saturated carbocycles. The molecule has 0 unspecified atom stereocenters. The molecule has 0 radical (unpaired) electrons. The molecule has 0 aliphatic rings. The van der Waals surface area contributed by atoms with Crippen molar-refractivity contribution in [2.45, 2.75) is 38.8 Å². The molecule has 20 heavy (non-hydrogen) atoms. The molecule has 112 valence electrons. The fourth-order valence-corrected chi connectivity index (χ4v) is 1.72. The average Bonchev–Trinajstić information content (AvgIpc) is 2.36. The Hall–Kier alpha value is -1.75. The van der Waals surface area contributed by atoms with Gasteiger partial charge >= 0.3 is 6.09 Å². The summed E-state index contributed by atoms with van der Waals surface area (Å²) in [6, 6.07) is 7.12. The fraction of sp³-hybridized carbons (Fsp3) is 0.533. The summed E-state index contributed by atoms with van der Waals surface area (Å²) in [5.41, 5.74) is 0.416. The van der Waals surface area contributed by atoms with Gasteiger partial charge in [0.1, 0.15) is 11.4 Å². The fourth-order valence-electron chi connectivity index (χ4n) is 1.72. The number of alkyl carbamates (subject to hydrolysis) is 1. The predicted molar refractivity (Wildman–Crippen MR) is 76.9 cm³/mol. The van der Waals surface area contributed by atoms with Gasteiger partial charge in [0.05, 0.1) is 19.8 Å². The second kappa shape index (κ2) is 7.14. The Kier molecular flexibility index (Phi) is 5.82.